The lowest BCUT2D eigenvalue weighted by molar-refractivity contribution is 0.0636. The van der Waals surface area contributed by atoms with Crippen molar-refractivity contribution in [2.45, 2.75) is 32.4 Å². The Hall–Kier alpha value is -1.00. The third-order valence-corrected chi connectivity index (χ3v) is 3.89. The van der Waals surface area contributed by atoms with Crippen molar-refractivity contribution in [2.24, 2.45) is 0 Å². The lowest BCUT2D eigenvalue weighted by Gasteiger charge is -2.45. The van der Waals surface area contributed by atoms with Crippen LogP contribution in [0.15, 0.2) is 18.2 Å². The van der Waals surface area contributed by atoms with Crippen LogP contribution in [0, 0.1) is 11.6 Å². The van der Waals surface area contributed by atoms with Gasteiger partial charge >= 0.3 is 0 Å². The predicted molar refractivity (Wildman–Crippen MR) is 68.3 cm³/mol. The van der Waals surface area contributed by atoms with Gasteiger partial charge in [0.05, 0.1) is 0 Å². The smallest absolute Gasteiger partial charge is 0.126 e. The first-order valence-electron chi connectivity index (χ1n) is 6.44. The molecule has 0 aromatic heterocycles. The van der Waals surface area contributed by atoms with E-state index in [1.165, 1.54) is 12.1 Å². The number of halogens is 2. The van der Waals surface area contributed by atoms with Gasteiger partial charge in [0.2, 0.25) is 0 Å². The van der Waals surface area contributed by atoms with Crippen LogP contribution in [0.2, 0.25) is 0 Å². The Morgan fingerprint density at radius 2 is 1.94 bits per heavy atom. The molecule has 1 N–H and O–H groups in total. The van der Waals surface area contributed by atoms with Gasteiger partial charge < -0.3 is 5.32 Å². The van der Waals surface area contributed by atoms with E-state index >= 15 is 0 Å². The van der Waals surface area contributed by atoms with Gasteiger partial charge in [-0.1, -0.05) is 6.92 Å². The van der Waals surface area contributed by atoms with Gasteiger partial charge in [-0.25, -0.2) is 8.78 Å². The van der Waals surface area contributed by atoms with E-state index in [4.69, 9.17) is 0 Å². The minimum absolute atomic E-state index is 0.0566. The van der Waals surface area contributed by atoms with Crippen LogP contribution in [0.3, 0.4) is 0 Å². The molecule has 0 bridgehead atoms. The molecule has 2 nitrogen and oxygen atoms in total. The van der Waals surface area contributed by atoms with E-state index in [0.717, 1.165) is 32.1 Å². The quantitative estimate of drug-likeness (QED) is 0.891. The summed E-state index contributed by atoms with van der Waals surface area (Å²) in [6.45, 7) is 7.68. The summed E-state index contributed by atoms with van der Waals surface area (Å²) in [5.74, 6) is -1.00. The van der Waals surface area contributed by atoms with Gasteiger partial charge in [0.25, 0.3) is 0 Å². The highest BCUT2D eigenvalue weighted by Gasteiger charge is 2.32. The molecule has 1 aromatic rings. The summed E-state index contributed by atoms with van der Waals surface area (Å²) in [5.41, 5.74) is 0.759. The van der Waals surface area contributed by atoms with Gasteiger partial charge in [0, 0.05) is 37.8 Å². The molecule has 1 atom stereocenters. The van der Waals surface area contributed by atoms with Gasteiger partial charge in [-0.2, -0.15) is 0 Å². The van der Waals surface area contributed by atoms with Crippen molar-refractivity contribution < 1.29 is 8.78 Å². The van der Waals surface area contributed by atoms with Crippen LogP contribution in [0.1, 0.15) is 25.8 Å². The van der Waals surface area contributed by atoms with Crippen molar-refractivity contribution in [1.82, 2.24) is 10.2 Å². The number of rotatable bonds is 3. The van der Waals surface area contributed by atoms with Crippen molar-refractivity contribution in [3.05, 3.63) is 35.4 Å². The van der Waals surface area contributed by atoms with E-state index in [0.29, 0.717) is 12.1 Å². The lowest BCUT2D eigenvalue weighted by Crippen LogP contribution is -2.58. The minimum atomic E-state index is -0.502. The summed E-state index contributed by atoms with van der Waals surface area (Å²) in [6, 6.07) is 3.75. The minimum Gasteiger partial charge on any atom is -0.314 e. The molecular formula is C14H20F2N2. The molecule has 0 radical (unpaired) electrons. The van der Waals surface area contributed by atoms with Gasteiger partial charge in [-0.15, -0.1) is 0 Å². The van der Waals surface area contributed by atoms with Crippen LogP contribution in [-0.4, -0.2) is 30.1 Å². The van der Waals surface area contributed by atoms with Crippen molar-refractivity contribution in [3.63, 3.8) is 0 Å². The highest BCUT2D eigenvalue weighted by molar-refractivity contribution is 5.18. The number of nitrogens with one attached hydrogen (secondary N) is 1. The SMILES string of the molecule is CCC1(C)CNCCN1Cc1cc(F)cc(F)c1. The second-order valence-corrected chi connectivity index (χ2v) is 5.23. The average molecular weight is 254 g/mol. The fraction of sp³-hybridized carbons (Fsp3) is 0.571. The summed E-state index contributed by atoms with van der Waals surface area (Å²) >= 11 is 0. The Bertz CT molecular complexity index is 402. The Labute approximate surface area is 107 Å². The van der Waals surface area contributed by atoms with Crippen LogP contribution in [0.4, 0.5) is 8.78 Å². The molecule has 0 saturated carbocycles. The topological polar surface area (TPSA) is 15.3 Å². The Morgan fingerprint density at radius 3 is 2.56 bits per heavy atom. The second kappa shape index (κ2) is 5.33. The molecule has 0 spiro atoms. The molecule has 1 aromatic carbocycles. The second-order valence-electron chi connectivity index (χ2n) is 5.23. The van der Waals surface area contributed by atoms with Crippen LogP contribution in [-0.2, 0) is 6.54 Å². The van der Waals surface area contributed by atoms with E-state index in [2.05, 4.69) is 24.1 Å². The van der Waals surface area contributed by atoms with Crippen LogP contribution >= 0.6 is 0 Å². The zero-order valence-electron chi connectivity index (χ0n) is 11.0. The first-order chi connectivity index (χ1) is 8.53. The molecule has 1 aliphatic rings. The molecule has 1 aliphatic heterocycles. The maximum atomic E-state index is 13.2. The highest BCUT2D eigenvalue weighted by atomic mass is 19.1. The zero-order chi connectivity index (χ0) is 13.2. The molecular weight excluding hydrogens is 234 g/mol. The monoisotopic (exact) mass is 254 g/mol. The van der Waals surface area contributed by atoms with Crippen molar-refractivity contribution in [2.75, 3.05) is 19.6 Å². The van der Waals surface area contributed by atoms with Gasteiger partial charge in [0.1, 0.15) is 11.6 Å². The zero-order valence-corrected chi connectivity index (χ0v) is 11.0. The molecule has 1 saturated heterocycles. The third kappa shape index (κ3) is 2.87. The van der Waals surface area contributed by atoms with Crippen molar-refractivity contribution >= 4 is 0 Å². The number of nitrogens with zero attached hydrogens (tertiary/aromatic N) is 1. The Kier molecular flexibility index (Phi) is 3.97. The molecule has 2 rings (SSSR count). The molecule has 100 valence electrons. The normalized spacial score (nSPS) is 25.3. The summed E-state index contributed by atoms with van der Waals surface area (Å²) in [4.78, 5) is 2.30. The maximum absolute atomic E-state index is 13.2. The van der Waals surface area contributed by atoms with Crippen LogP contribution < -0.4 is 5.32 Å². The third-order valence-electron chi connectivity index (χ3n) is 3.89. The highest BCUT2D eigenvalue weighted by Crippen LogP contribution is 2.23. The number of hydrogen-bond acceptors (Lipinski definition) is 2. The molecule has 1 heterocycles. The van der Waals surface area contributed by atoms with E-state index in [9.17, 15) is 8.78 Å². The van der Waals surface area contributed by atoms with Crippen LogP contribution in [0.25, 0.3) is 0 Å². The molecule has 0 aliphatic carbocycles. The maximum Gasteiger partial charge on any atom is 0.126 e. The first kappa shape index (κ1) is 13.4. The Balaban J connectivity index is 2.16. The molecule has 1 unspecified atom stereocenters. The van der Waals surface area contributed by atoms with E-state index < -0.39 is 11.6 Å². The number of hydrogen-bond donors (Lipinski definition) is 1. The van der Waals surface area contributed by atoms with E-state index in [1.54, 1.807) is 0 Å². The van der Waals surface area contributed by atoms with Gasteiger partial charge in [-0.05, 0) is 31.0 Å². The van der Waals surface area contributed by atoms with Crippen molar-refractivity contribution in [3.8, 4) is 0 Å². The molecule has 4 heteroatoms. The van der Waals surface area contributed by atoms with Gasteiger partial charge in [0.15, 0.2) is 0 Å². The number of piperazine rings is 1. The summed E-state index contributed by atoms with van der Waals surface area (Å²) in [5, 5.41) is 3.37. The summed E-state index contributed by atoms with van der Waals surface area (Å²) < 4.78 is 26.4. The largest absolute Gasteiger partial charge is 0.314 e. The number of benzene rings is 1. The first-order valence-corrected chi connectivity index (χ1v) is 6.44. The van der Waals surface area contributed by atoms with Crippen LogP contribution in [0.5, 0.6) is 0 Å². The predicted octanol–water partition coefficient (Wildman–Crippen LogP) is 2.54. The van der Waals surface area contributed by atoms with E-state index in [1.807, 2.05) is 0 Å². The Morgan fingerprint density at radius 1 is 1.28 bits per heavy atom. The van der Waals surface area contributed by atoms with Gasteiger partial charge in [-0.3, -0.25) is 4.90 Å². The summed E-state index contributed by atoms with van der Waals surface area (Å²) in [7, 11) is 0. The molecule has 18 heavy (non-hydrogen) atoms. The molecule has 0 amide bonds. The fourth-order valence-corrected chi connectivity index (χ4v) is 2.49. The lowest BCUT2D eigenvalue weighted by atomic mass is 9.93. The standard InChI is InChI=1S/C14H20F2N2/c1-3-14(2)10-17-4-5-18(14)9-11-6-12(15)8-13(16)7-11/h6-8,17H,3-5,9-10H2,1-2H3. The molecule has 1 fully saturated rings. The fourth-order valence-electron chi connectivity index (χ4n) is 2.49. The van der Waals surface area contributed by atoms with Crippen molar-refractivity contribution in [1.29, 1.82) is 0 Å². The average Bonchev–Trinajstić information content (AvgIpc) is 2.31. The van der Waals surface area contributed by atoms with E-state index in [-0.39, 0.29) is 5.54 Å². The summed E-state index contributed by atoms with van der Waals surface area (Å²) in [6.07, 6.45) is 1.01.